The SMILES string of the molecule is CNC(c1ccc(Cl)c(Cl)c1)C1CCCCC1C(F)(F)F. The lowest BCUT2D eigenvalue weighted by Gasteiger charge is -2.38. The van der Waals surface area contributed by atoms with Crippen LogP contribution in [0.25, 0.3) is 0 Å². The Kier molecular flexibility index (Phi) is 5.44. The lowest BCUT2D eigenvalue weighted by Crippen LogP contribution is -2.39. The Hall–Kier alpha value is -0.450. The van der Waals surface area contributed by atoms with Crippen molar-refractivity contribution in [2.75, 3.05) is 7.05 Å². The molecule has 1 N–H and O–H groups in total. The van der Waals surface area contributed by atoms with E-state index in [-0.39, 0.29) is 12.5 Å². The van der Waals surface area contributed by atoms with Crippen LogP contribution in [0.5, 0.6) is 0 Å². The van der Waals surface area contributed by atoms with Crippen LogP contribution in [-0.2, 0) is 0 Å². The summed E-state index contributed by atoms with van der Waals surface area (Å²) in [5.41, 5.74) is 0.757. The number of hydrogen-bond acceptors (Lipinski definition) is 1. The predicted molar refractivity (Wildman–Crippen MR) is 79.8 cm³/mol. The van der Waals surface area contributed by atoms with Crippen molar-refractivity contribution in [2.45, 2.75) is 37.9 Å². The summed E-state index contributed by atoms with van der Waals surface area (Å²) in [6, 6.07) is 4.67. The maximum atomic E-state index is 13.3. The molecule has 1 aliphatic carbocycles. The molecular formula is C15H18Cl2F3N. The second kappa shape index (κ2) is 6.76. The van der Waals surface area contributed by atoms with Gasteiger partial charge in [0.1, 0.15) is 0 Å². The molecule has 1 fully saturated rings. The first kappa shape index (κ1) is 16.9. The van der Waals surface area contributed by atoms with E-state index in [1.54, 1.807) is 25.2 Å². The largest absolute Gasteiger partial charge is 0.392 e. The lowest BCUT2D eigenvalue weighted by atomic mass is 9.73. The molecule has 3 atom stereocenters. The Bertz CT molecular complexity index is 490. The maximum Gasteiger partial charge on any atom is 0.392 e. The highest BCUT2D eigenvalue weighted by Gasteiger charge is 2.47. The van der Waals surface area contributed by atoms with E-state index in [0.717, 1.165) is 12.0 Å². The second-order valence-electron chi connectivity index (χ2n) is 5.54. The predicted octanol–water partition coefficient (Wildman–Crippen LogP) is 5.62. The van der Waals surface area contributed by atoms with Gasteiger partial charge in [-0.3, -0.25) is 0 Å². The maximum absolute atomic E-state index is 13.3. The van der Waals surface area contributed by atoms with E-state index >= 15 is 0 Å². The molecule has 21 heavy (non-hydrogen) atoms. The molecule has 6 heteroatoms. The second-order valence-corrected chi connectivity index (χ2v) is 6.35. The summed E-state index contributed by atoms with van der Waals surface area (Å²) in [4.78, 5) is 0. The Balaban J connectivity index is 2.31. The van der Waals surface area contributed by atoms with E-state index in [1.807, 2.05) is 0 Å². The van der Waals surface area contributed by atoms with Crippen LogP contribution >= 0.6 is 23.2 Å². The number of hydrogen-bond donors (Lipinski definition) is 1. The first-order valence-electron chi connectivity index (χ1n) is 7.03. The number of rotatable bonds is 3. The van der Waals surface area contributed by atoms with Crippen molar-refractivity contribution in [3.63, 3.8) is 0 Å². The number of benzene rings is 1. The molecule has 0 radical (unpaired) electrons. The monoisotopic (exact) mass is 339 g/mol. The average Bonchev–Trinajstić information content (AvgIpc) is 2.43. The first-order chi connectivity index (χ1) is 9.84. The van der Waals surface area contributed by atoms with Crippen LogP contribution in [0, 0.1) is 11.8 Å². The van der Waals surface area contributed by atoms with Gasteiger partial charge in [0.15, 0.2) is 0 Å². The van der Waals surface area contributed by atoms with Gasteiger partial charge in [0.2, 0.25) is 0 Å². The van der Waals surface area contributed by atoms with Gasteiger partial charge in [-0.25, -0.2) is 0 Å². The molecule has 0 aromatic heterocycles. The minimum atomic E-state index is -4.16. The zero-order valence-electron chi connectivity index (χ0n) is 11.7. The molecule has 0 spiro atoms. The molecule has 1 saturated carbocycles. The van der Waals surface area contributed by atoms with Crippen molar-refractivity contribution in [3.05, 3.63) is 33.8 Å². The summed E-state index contributed by atoms with van der Waals surface area (Å²) in [5, 5.41) is 3.81. The van der Waals surface area contributed by atoms with Crippen LogP contribution in [0.3, 0.4) is 0 Å². The standard InChI is InChI=1S/C15H18Cl2F3N/c1-21-14(9-6-7-12(16)13(17)8-9)10-4-2-3-5-11(10)15(18,19)20/h6-8,10-11,14,21H,2-5H2,1H3. The minimum Gasteiger partial charge on any atom is -0.313 e. The van der Waals surface area contributed by atoms with E-state index in [0.29, 0.717) is 22.9 Å². The van der Waals surface area contributed by atoms with Gasteiger partial charge in [0.05, 0.1) is 16.0 Å². The molecule has 3 unspecified atom stereocenters. The van der Waals surface area contributed by atoms with Crippen LogP contribution in [-0.4, -0.2) is 13.2 Å². The smallest absolute Gasteiger partial charge is 0.313 e. The molecule has 1 aliphatic rings. The summed E-state index contributed by atoms with van der Waals surface area (Å²) < 4.78 is 39.8. The lowest BCUT2D eigenvalue weighted by molar-refractivity contribution is -0.199. The Morgan fingerprint density at radius 1 is 1.14 bits per heavy atom. The summed E-state index contributed by atoms with van der Waals surface area (Å²) in [6.07, 6.45) is -1.92. The van der Waals surface area contributed by atoms with Gasteiger partial charge < -0.3 is 5.32 Å². The number of alkyl halides is 3. The highest BCUT2D eigenvalue weighted by atomic mass is 35.5. The minimum absolute atomic E-state index is 0.202. The van der Waals surface area contributed by atoms with Crippen molar-refractivity contribution in [2.24, 2.45) is 11.8 Å². The number of halogens is 5. The normalized spacial score (nSPS) is 24.9. The first-order valence-corrected chi connectivity index (χ1v) is 7.79. The highest BCUT2D eigenvalue weighted by molar-refractivity contribution is 6.42. The van der Waals surface area contributed by atoms with Gasteiger partial charge in [-0.15, -0.1) is 0 Å². The van der Waals surface area contributed by atoms with Gasteiger partial charge in [-0.05, 0) is 43.5 Å². The summed E-state index contributed by atoms with van der Waals surface area (Å²) in [7, 11) is 1.69. The van der Waals surface area contributed by atoms with E-state index in [1.165, 1.54) is 0 Å². The Labute approximate surface area is 132 Å². The van der Waals surface area contributed by atoms with Crippen molar-refractivity contribution in [1.82, 2.24) is 5.32 Å². The molecular weight excluding hydrogens is 322 g/mol. The average molecular weight is 340 g/mol. The summed E-state index contributed by atoms with van der Waals surface area (Å²) in [6.45, 7) is 0. The van der Waals surface area contributed by atoms with Gasteiger partial charge in [-0.1, -0.05) is 42.1 Å². The molecule has 2 rings (SSSR count). The number of nitrogens with one attached hydrogen (secondary N) is 1. The summed E-state index contributed by atoms with van der Waals surface area (Å²) in [5.74, 6) is -1.74. The quantitative estimate of drug-likeness (QED) is 0.753. The zero-order valence-corrected chi connectivity index (χ0v) is 13.2. The molecule has 0 bridgehead atoms. The van der Waals surface area contributed by atoms with Gasteiger partial charge in [0, 0.05) is 6.04 Å². The molecule has 0 aliphatic heterocycles. The Morgan fingerprint density at radius 2 is 1.81 bits per heavy atom. The van der Waals surface area contributed by atoms with Gasteiger partial charge in [0.25, 0.3) is 0 Å². The summed E-state index contributed by atoms with van der Waals surface area (Å²) >= 11 is 11.9. The highest BCUT2D eigenvalue weighted by Crippen LogP contribution is 2.46. The van der Waals surface area contributed by atoms with Crippen molar-refractivity contribution >= 4 is 23.2 Å². The van der Waals surface area contributed by atoms with Crippen LogP contribution in [0.4, 0.5) is 13.2 Å². The molecule has 1 nitrogen and oxygen atoms in total. The molecule has 1 aromatic rings. The molecule has 0 amide bonds. The van der Waals surface area contributed by atoms with Crippen molar-refractivity contribution in [1.29, 1.82) is 0 Å². The van der Waals surface area contributed by atoms with E-state index in [2.05, 4.69) is 5.32 Å². The van der Waals surface area contributed by atoms with Crippen LogP contribution in [0.2, 0.25) is 10.0 Å². The fourth-order valence-corrected chi connectivity index (χ4v) is 3.61. The molecule has 1 aromatic carbocycles. The van der Waals surface area contributed by atoms with Crippen LogP contribution in [0.1, 0.15) is 37.3 Å². The van der Waals surface area contributed by atoms with Crippen molar-refractivity contribution < 1.29 is 13.2 Å². The molecule has 0 heterocycles. The van der Waals surface area contributed by atoms with Gasteiger partial charge in [-0.2, -0.15) is 13.2 Å². The Morgan fingerprint density at radius 3 is 2.38 bits per heavy atom. The van der Waals surface area contributed by atoms with Crippen molar-refractivity contribution in [3.8, 4) is 0 Å². The van der Waals surface area contributed by atoms with Crippen LogP contribution in [0.15, 0.2) is 18.2 Å². The third kappa shape index (κ3) is 3.85. The zero-order chi connectivity index (χ0) is 15.6. The fourth-order valence-electron chi connectivity index (χ4n) is 3.30. The third-order valence-electron chi connectivity index (χ3n) is 4.28. The fraction of sp³-hybridized carbons (Fsp3) is 0.600. The van der Waals surface area contributed by atoms with E-state index in [9.17, 15) is 13.2 Å². The third-order valence-corrected chi connectivity index (χ3v) is 5.02. The van der Waals surface area contributed by atoms with Crippen LogP contribution < -0.4 is 5.32 Å². The topological polar surface area (TPSA) is 12.0 Å². The van der Waals surface area contributed by atoms with Gasteiger partial charge >= 0.3 is 6.18 Å². The van der Waals surface area contributed by atoms with E-state index in [4.69, 9.17) is 23.2 Å². The van der Waals surface area contributed by atoms with E-state index < -0.39 is 18.0 Å². The molecule has 0 saturated heterocycles. The molecule has 118 valence electrons.